The molecule has 2 aromatic heterocycles. The SMILES string of the molecule is C[C@]1(CO)CN([B]C=O)c2c(C#N)cc(-c3ccnc(Nc4cccnc4O[C@H]4CCCOC4)n3)cc21. The molecule has 0 spiro atoms. The number of carbonyl (C=O) groups is 1. The molecule has 1 aromatic carbocycles. The number of aromatic nitrogens is 3. The van der Waals surface area contributed by atoms with E-state index in [1.807, 2.05) is 19.1 Å². The molecule has 5 rings (SSSR count). The maximum atomic E-state index is 11.2. The van der Waals surface area contributed by atoms with Gasteiger partial charge in [0.1, 0.15) is 24.0 Å². The van der Waals surface area contributed by atoms with Crippen molar-refractivity contribution in [3.63, 3.8) is 0 Å². The van der Waals surface area contributed by atoms with E-state index in [1.54, 1.807) is 35.4 Å². The number of benzene rings is 1. The van der Waals surface area contributed by atoms with Crippen LogP contribution in [0.5, 0.6) is 5.88 Å². The summed E-state index contributed by atoms with van der Waals surface area (Å²) in [5.41, 5.74) is 3.10. The largest absolute Gasteiger partial charge is 0.470 e. The summed E-state index contributed by atoms with van der Waals surface area (Å²) in [4.78, 5) is 26.3. The molecular weight excluding hydrogens is 471 g/mol. The summed E-state index contributed by atoms with van der Waals surface area (Å²) in [6.07, 6.45) is 5.76. The summed E-state index contributed by atoms with van der Waals surface area (Å²) in [5, 5.41) is 23.3. The fraction of sp³-hybridized carbons (Fsp3) is 0.346. The van der Waals surface area contributed by atoms with Gasteiger partial charge in [-0.05, 0) is 48.7 Å². The van der Waals surface area contributed by atoms with Crippen molar-refractivity contribution in [2.45, 2.75) is 31.3 Å². The number of nitrogens with zero attached hydrogens (tertiary/aromatic N) is 5. The average Bonchev–Trinajstić information content (AvgIpc) is 3.22. The number of anilines is 3. The van der Waals surface area contributed by atoms with Crippen molar-refractivity contribution >= 4 is 30.9 Å². The number of pyridine rings is 1. The zero-order valence-electron chi connectivity index (χ0n) is 20.4. The van der Waals surface area contributed by atoms with E-state index in [4.69, 9.17) is 9.47 Å². The van der Waals surface area contributed by atoms with E-state index in [0.717, 1.165) is 25.0 Å². The molecule has 4 heterocycles. The van der Waals surface area contributed by atoms with Crippen LogP contribution in [0.4, 0.5) is 17.3 Å². The highest BCUT2D eigenvalue weighted by Crippen LogP contribution is 2.44. The van der Waals surface area contributed by atoms with Crippen LogP contribution in [-0.4, -0.2) is 66.1 Å². The van der Waals surface area contributed by atoms with Gasteiger partial charge in [0, 0.05) is 42.2 Å². The van der Waals surface area contributed by atoms with Crippen molar-refractivity contribution in [2.75, 3.05) is 36.5 Å². The van der Waals surface area contributed by atoms with Crippen molar-refractivity contribution in [3.05, 3.63) is 53.9 Å². The first kappa shape index (κ1) is 24.7. The second-order valence-corrected chi connectivity index (χ2v) is 9.37. The molecule has 2 aliphatic heterocycles. The fourth-order valence-electron chi connectivity index (χ4n) is 4.76. The number of nitrogens with one attached hydrogen (secondary N) is 1. The molecule has 0 saturated carbocycles. The highest BCUT2D eigenvalue weighted by molar-refractivity contribution is 6.70. The van der Waals surface area contributed by atoms with Crippen LogP contribution in [0.25, 0.3) is 11.3 Å². The van der Waals surface area contributed by atoms with E-state index in [0.29, 0.717) is 59.4 Å². The Hall–Kier alpha value is -4.01. The monoisotopic (exact) mass is 497 g/mol. The van der Waals surface area contributed by atoms with E-state index >= 15 is 0 Å². The first-order chi connectivity index (χ1) is 18.0. The standard InChI is InChI=1S/C26H26BN6O4/c1-26(15-34)14-33(27-16-35)23-18(12-28)10-17(11-20(23)26)21-6-8-30-25(31-21)32-22-5-2-7-29-24(22)37-19-4-3-9-36-13-19/h2,5-8,10-11,16,19,34H,3-4,9,13-15H2,1H3,(H,30,31,32)/t19-,26+/m0/s1. The summed E-state index contributed by atoms with van der Waals surface area (Å²) < 4.78 is 11.6. The topological polar surface area (TPSA) is 133 Å². The average molecular weight is 497 g/mol. The van der Waals surface area contributed by atoms with Crippen LogP contribution in [0.3, 0.4) is 0 Å². The second kappa shape index (κ2) is 10.5. The molecule has 37 heavy (non-hydrogen) atoms. The third-order valence-corrected chi connectivity index (χ3v) is 6.64. The van der Waals surface area contributed by atoms with Crippen LogP contribution < -0.4 is 14.9 Å². The Morgan fingerprint density at radius 1 is 1.38 bits per heavy atom. The lowest BCUT2D eigenvalue weighted by molar-refractivity contribution is 0.00585. The van der Waals surface area contributed by atoms with Crippen molar-refractivity contribution in [1.82, 2.24) is 15.0 Å². The van der Waals surface area contributed by atoms with Gasteiger partial charge in [0.05, 0.1) is 24.5 Å². The Morgan fingerprint density at radius 2 is 2.27 bits per heavy atom. The van der Waals surface area contributed by atoms with Gasteiger partial charge in [0.15, 0.2) is 0 Å². The summed E-state index contributed by atoms with van der Waals surface area (Å²) in [7, 11) is 1.39. The van der Waals surface area contributed by atoms with Crippen LogP contribution in [0.2, 0.25) is 0 Å². The summed E-state index contributed by atoms with van der Waals surface area (Å²) >= 11 is 0. The molecule has 187 valence electrons. The van der Waals surface area contributed by atoms with Gasteiger partial charge in [-0.1, -0.05) is 6.92 Å². The molecule has 2 atom stereocenters. The molecule has 3 aromatic rings. The number of rotatable bonds is 8. The smallest absolute Gasteiger partial charge is 0.329 e. The number of fused-ring (bicyclic) bond motifs is 1. The van der Waals surface area contributed by atoms with Gasteiger partial charge in [-0.15, -0.1) is 0 Å². The first-order valence-corrected chi connectivity index (χ1v) is 12.1. The van der Waals surface area contributed by atoms with E-state index in [1.165, 1.54) is 7.41 Å². The number of ether oxygens (including phenoxy) is 2. The Morgan fingerprint density at radius 3 is 3.03 bits per heavy atom. The summed E-state index contributed by atoms with van der Waals surface area (Å²) in [5.74, 6) is 0.789. The molecule has 2 aliphatic rings. The minimum absolute atomic E-state index is 0.0656. The van der Waals surface area contributed by atoms with Crippen molar-refractivity contribution in [2.24, 2.45) is 0 Å². The van der Waals surface area contributed by atoms with Gasteiger partial charge in [-0.3, -0.25) is 0 Å². The molecule has 10 nitrogen and oxygen atoms in total. The number of aliphatic hydroxyl groups is 1. The van der Waals surface area contributed by atoms with Crippen LogP contribution in [0, 0.1) is 11.3 Å². The summed E-state index contributed by atoms with van der Waals surface area (Å²) in [6, 6.07) is 11.3. The zero-order chi connectivity index (χ0) is 25.8. The van der Waals surface area contributed by atoms with Crippen LogP contribution in [0.15, 0.2) is 42.7 Å². The number of hydrogen-bond donors (Lipinski definition) is 2. The number of carbonyl (C=O) groups excluding carboxylic acids is 1. The van der Waals surface area contributed by atoms with E-state index in [9.17, 15) is 15.2 Å². The van der Waals surface area contributed by atoms with E-state index in [2.05, 4.69) is 26.3 Å². The third kappa shape index (κ3) is 4.98. The number of hydrogen-bond acceptors (Lipinski definition) is 10. The van der Waals surface area contributed by atoms with Gasteiger partial charge >= 0.3 is 7.41 Å². The lowest BCUT2D eigenvalue weighted by Crippen LogP contribution is -2.36. The highest BCUT2D eigenvalue weighted by atomic mass is 16.5. The molecule has 2 N–H and O–H groups in total. The van der Waals surface area contributed by atoms with Crippen LogP contribution in [0.1, 0.15) is 30.9 Å². The highest BCUT2D eigenvalue weighted by Gasteiger charge is 2.40. The minimum atomic E-state index is -0.644. The summed E-state index contributed by atoms with van der Waals surface area (Å²) in [6.45, 7) is 3.43. The van der Waals surface area contributed by atoms with Gasteiger partial charge in [-0.2, -0.15) is 5.26 Å². The maximum Gasteiger partial charge on any atom is 0.329 e. The second-order valence-electron chi connectivity index (χ2n) is 9.37. The van der Waals surface area contributed by atoms with Crippen LogP contribution in [-0.2, 0) is 14.9 Å². The fourth-order valence-corrected chi connectivity index (χ4v) is 4.76. The predicted molar refractivity (Wildman–Crippen MR) is 138 cm³/mol. The van der Waals surface area contributed by atoms with Crippen molar-refractivity contribution < 1.29 is 19.4 Å². The lowest BCUT2D eigenvalue weighted by Gasteiger charge is -2.23. The zero-order valence-corrected chi connectivity index (χ0v) is 20.4. The van der Waals surface area contributed by atoms with Gasteiger partial charge in [0.2, 0.25) is 11.8 Å². The molecule has 1 radical (unpaired) electrons. The maximum absolute atomic E-state index is 11.2. The van der Waals surface area contributed by atoms with Crippen LogP contribution >= 0.6 is 0 Å². The van der Waals surface area contributed by atoms with Gasteiger partial charge in [-0.25, -0.2) is 15.0 Å². The molecule has 0 amide bonds. The predicted octanol–water partition coefficient (Wildman–Crippen LogP) is 2.59. The lowest BCUT2D eigenvalue weighted by atomic mass is 9.83. The Labute approximate surface area is 215 Å². The quantitative estimate of drug-likeness (QED) is 0.353. The molecule has 1 saturated heterocycles. The van der Waals surface area contributed by atoms with E-state index in [-0.39, 0.29) is 12.7 Å². The minimum Gasteiger partial charge on any atom is -0.470 e. The van der Waals surface area contributed by atoms with Crippen molar-refractivity contribution in [1.29, 1.82) is 5.26 Å². The number of aliphatic hydroxyl groups excluding tert-OH is 1. The van der Waals surface area contributed by atoms with Crippen molar-refractivity contribution in [3.8, 4) is 23.2 Å². The molecule has 0 aliphatic carbocycles. The van der Waals surface area contributed by atoms with E-state index < -0.39 is 5.41 Å². The Kier molecular flexibility index (Phi) is 7.03. The molecular formula is C26H26BN6O4. The molecule has 1 fully saturated rings. The number of nitriles is 1. The first-order valence-electron chi connectivity index (χ1n) is 12.1. The third-order valence-electron chi connectivity index (χ3n) is 6.64. The normalized spacial score (nSPS) is 20.6. The van der Waals surface area contributed by atoms with Gasteiger partial charge in [0.25, 0.3) is 0 Å². The Balaban J connectivity index is 1.46. The molecule has 0 unspecified atom stereocenters. The molecule has 11 heteroatoms. The molecule has 0 bridgehead atoms. The van der Waals surface area contributed by atoms with Gasteiger partial charge < -0.3 is 29.5 Å². The Bertz CT molecular complexity index is 1340.